The minimum atomic E-state index is 0.684. The van der Waals surface area contributed by atoms with E-state index in [0.29, 0.717) is 6.54 Å². The zero-order chi connectivity index (χ0) is 18.3. The van der Waals surface area contributed by atoms with Crippen LogP contribution in [0.15, 0.2) is 57.9 Å². The van der Waals surface area contributed by atoms with E-state index in [0.717, 1.165) is 68.7 Å². The largest absolute Gasteiger partial charge is 0.468 e. The Morgan fingerprint density at radius 3 is 2.63 bits per heavy atom. The van der Waals surface area contributed by atoms with Crippen LogP contribution in [0, 0.1) is 0 Å². The van der Waals surface area contributed by atoms with Crippen molar-refractivity contribution in [3.63, 3.8) is 0 Å². The van der Waals surface area contributed by atoms with E-state index in [2.05, 4.69) is 19.9 Å². The summed E-state index contributed by atoms with van der Waals surface area (Å²) >= 11 is 0. The Morgan fingerprint density at radius 1 is 1.04 bits per heavy atom. The fraction of sp³-hybridized carbons (Fsp3) is 0.400. The van der Waals surface area contributed by atoms with E-state index in [1.54, 1.807) is 18.7 Å². The second kappa shape index (κ2) is 8.94. The molecule has 0 radical (unpaired) electrons. The van der Waals surface area contributed by atoms with Gasteiger partial charge in [0.2, 0.25) is 0 Å². The predicted octanol–water partition coefficient (Wildman–Crippen LogP) is 2.66. The number of hydrogen-bond acceptors (Lipinski definition) is 7. The highest BCUT2D eigenvalue weighted by atomic mass is 16.5. The summed E-state index contributed by atoms with van der Waals surface area (Å²) in [6, 6.07) is 9.79. The molecule has 7 nitrogen and oxygen atoms in total. The summed E-state index contributed by atoms with van der Waals surface area (Å²) in [5.41, 5.74) is 1.84. The predicted molar refractivity (Wildman–Crippen MR) is 99.8 cm³/mol. The minimum absolute atomic E-state index is 0.684. The van der Waals surface area contributed by atoms with Crippen molar-refractivity contribution in [3.05, 3.63) is 60.5 Å². The highest BCUT2D eigenvalue weighted by Gasteiger charge is 2.16. The van der Waals surface area contributed by atoms with Gasteiger partial charge in [-0.2, -0.15) is 0 Å². The Kier molecular flexibility index (Phi) is 5.93. The molecule has 3 aromatic heterocycles. The lowest BCUT2D eigenvalue weighted by atomic mass is 10.2. The van der Waals surface area contributed by atoms with Crippen molar-refractivity contribution in [2.45, 2.75) is 13.1 Å². The fourth-order valence-electron chi connectivity index (χ4n) is 3.21. The molecule has 4 heterocycles. The molecule has 0 aromatic carbocycles. The Hall–Kier alpha value is -2.48. The van der Waals surface area contributed by atoms with E-state index < -0.39 is 0 Å². The van der Waals surface area contributed by atoms with Crippen LogP contribution in [0.1, 0.15) is 11.5 Å². The minimum Gasteiger partial charge on any atom is -0.468 e. The van der Waals surface area contributed by atoms with Gasteiger partial charge in [-0.1, -0.05) is 5.16 Å². The average molecular weight is 368 g/mol. The Balaban J connectivity index is 1.41. The SMILES string of the molecule is c1coc(CN(CCN2CCOCC2)Cc2cc(-c3ccncc3)no2)c1. The van der Waals surface area contributed by atoms with Crippen LogP contribution in [-0.2, 0) is 17.8 Å². The van der Waals surface area contributed by atoms with Gasteiger partial charge in [0, 0.05) is 50.2 Å². The van der Waals surface area contributed by atoms with Crippen LogP contribution in [-0.4, -0.2) is 59.3 Å². The summed E-state index contributed by atoms with van der Waals surface area (Å²) in [6.45, 7) is 6.95. The van der Waals surface area contributed by atoms with Crippen molar-refractivity contribution < 1.29 is 13.7 Å². The van der Waals surface area contributed by atoms with Crippen LogP contribution < -0.4 is 0 Å². The van der Waals surface area contributed by atoms with Gasteiger partial charge in [-0.3, -0.25) is 14.8 Å². The molecule has 0 aliphatic carbocycles. The molecule has 1 saturated heterocycles. The molecule has 0 unspecified atom stereocenters. The van der Waals surface area contributed by atoms with Gasteiger partial charge in [0.15, 0.2) is 5.76 Å². The van der Waals surface area contributed by atoms with Crippen molar-refractivity contribution in [3.8, 4) is 11.3 Å². The molecule has 3 aromatic rings. The third kappa shape index (κ3) is 5.03. The number of ether oxygens (including phenoxy) is 1. The van der Waals surface area contributed by atoms with E-state index in [9.17, 15) is 0 Å². The van der Waals surface area contributed by atoms with Crippen molar-refractivity contribution in [1.82, 2.24) is 19.9 Å². The highest BCUT2D eigenvalue weighted by molar-refractivity contribution is 5.57. The summed E-state index contributed by atoms with van der Waals surface area (Å²) < 4.78 is 16.6. The van der Waals surface area contributed by atoms with Gasteiger partial charge in [-0.25, -0.2) is 0 Å². The van der Waals surface area contributed by atoms with Crippen molar-refractivity contribution in [2.75, 3.05) is 39.4 Å². The Bertz CT molecular complexity index is 798. The zero-order valence-electron chi connectivity index (χ0n) is 15.3. The maximum Gasteiger partial charge on any atom is 0.151 e. The molecule has 27 heavy (non-hydrogen) atoms. The average Bonchev–Trinajstić information content (AvgIpc) is 3.40. The third-order valence-electron chi connectivity index (χ3n) is 4.71. The van der Waals surface area contributed by atoms with Crippen LogP contribution in [0.2, 0.25) is 0 Å². The Morgan fingerprint density at radius 2 is 1.85 bits per heavy atom. The maximum absolute atomic E-state index is 5.58. The first kappa shape index (κ1) is 17.9. The van der Waals surface area contributed by atoms with Crippen LogP contribution >= 0.6 is 0 Å². The molecule has 142 valence electrons. The van der Waals surface area contributed by atoms with Gasteiger partial charge in [0.1, 0.15) is 11.5 Å². The van der Waals surface area contributed by atoms with Crippen molar-refractivity contribution in [2.24, 2.45) is 0 Å². The number of hydrogen-bond donors (Lipinski definition) is 0. The summed E-state index contributed by atoms with van der Waals surface area (Å²) in [7, 11) is 0. The topological polar surface area (TPSA) is 67.8 Å². The molecule has 1 aliphatic heterocycles. The standard InChI is InChI=1S/C20H24N4O3/c1-2-18(26-11-1)15-24(8-7-23-9-12-25-13-10-23)16-19-14-20(22-27-19)17-3-5-21-6-4-17/h1-6,11,14H,7-10,12-13,15-16H2. The van der Waals surface area contributed by atoms with Crippen LogP contribution in [0.4, 0.5) is 0 Å². The number of pyridine rings is 1. The second-order valence-electron chi connectivity index (χ2n) is 6.66. The van der Waals surface area contributed by atoms with E-state index in [-0.39, 0.29) is 0 Å². The van der Waals surface area contributed by atoms with E-state index in [1.807, 2.05) is 30.3 Å². The van der Waals surface area contributed by atoms with Gasteiger partial charge < -0.3 is 13.7 Å². The zero-order valence-corrected chi connectivity index (χ0v) is 15.3. The lowest BCUT2D eigenvalue weighted by Gasteiger charge is -2.29. The Labute approximate surface area is 158 Å². The van der Waals surface area contributed by atoms with Gasteiger partial charge in [-0.05, 0) is 24.3 Å². The number of aromatic nitrogens is 2. The van der Waals surface area contributed by atoms with E-state index >= 15 is 0 Å². The lowest BCUT2D eigenvalue weighted by molar-refractivity contribution is 0.0316. The van der Waals surface area contributed by atoms with E-state index in [1.165, 1.54) is 0 Å². The first-order chi connectivity index (χ1) is 13.4. The molecule has 0 amide bonds. The summed E-state index contributed by atoms with van der Waals surface area (Å²) in [6.07, 6.45) is 5.23. The molecule has 0 atom stereocenters. The number of furan rings is 1. The number of morpholine rings is 1. The normalized spacial score (nSPS) is 15.4. The maximum atomic E-state index is 5.58. The summed E-state index contributed by atoms with van der Waals surface area (Å²) in [4.78, 5) is 8.80. The van der Waals surface area contributed by atoms with Crippen LogP contribution in [0.5, 0.6) is 0 Å². The molecule has 1 fully saturated rings. The number of rotatable bonds is 8. The van der Waals surface area contributed by atoms with Gasteiger partial charge in [-0.15, -0.1) is 0 Å². The van der Waals surface area contributed by atoms with Crippen molar-refractivity contribution in [1.29, 1.82) is 0 Å². The summed E-state index contributed by atoms with van der Waals surface area (Å²) in [5.74, 6) is 1.79. The molecule has 1 aliphatic rings. The molecule has 0 N–H and O–H groups in total. The second-order valence-corrected chi connectivity index (χ2v) is 6.66. The quantitative estimate of drug-likeness (QED) is 0.605. The van der Waals surface area contributed by atoms with Gasteiger partial charge in [0.05, 0.1) is 32.6 Å². The molecule has 4 rings (SSSR count). The molecule has 0 bridgehead atoms. The first-order valence-corrected chi connectivity index (χ1v) is 9.28. The first-order valence-electron chi connectivity index (χ1n) is 9.28. The molecule has 0 spiro atoms. The van der Waals surface area contributed by atoms with E-state index in [4.69, 9.17) is 13.7 Å². The van der Waals surface area contributed by atoms with Gasteiger partial charge in [0.25, 0.3) is 0 Å². The monoisotopic (exact) mass is 368 g/mol. The molecular formula is C20H24N4O3. The van der Waals surface area contributed by atoms with Crippen LogP contribution in [0.3, 0.4) is 0 Å². The molecule has 0 saturated carbocycles. The highest BCUT2D eigenvalue weighted by Crippen LogP contribution is 2.19. The smallest absolute Gasteiger partial charge is 0.151 e. The third-order valence-corrected chi connectivity index (χ3v) is 4.71. The van der Waals surface area contributed by atoms with Crippen LogP contribution in [0.25, 0.3) is 11.3 Å². The number of nitrogens with zero attached hydrogens (tertiary/aromatic N) is 4. The molecule has 7 heteroatoms. The van der Waals surface area contributed by atoms with Gasteiger partial charge >= 0.3 is 0 Å². The summed E-state index contributed by atoms with van der Waals surface area (Å²) in [5, 5.41) is 4.21. The molecular weight excluding hydrogens is 344 g/mol. The lowest BCUT2D eigenvalue weighted by Crippen LogP contribution is -2.41. The fourth-order valence-corrected chi connectivity index (χ4v) is 3.21. The van der Waals surface area contributed by atoms with Crippen molar-refractivity contribution >= 4 is 0 Å².